The van der Waals surface area contributed by atoms with E-state index in [9.17, 15) is 13.6 Å². The van der Waals surface area contributed by atoms with Crippen LogP contribution in [0, 0.1) is 0 Å². The number of carbonyl (C=O) groups is 1. The Morgan fingerprint density at radius 3 is 2.74 bits per heavy atom. The second-order valence-corrected chi connectivity index (χ2v) is 6.46. The first-order valence-electron chi connectivity index (χ1n) is 8.66. The van der Waals surface area contributed by atoms with Gasteiger partial charge in [0.2, 0.25) is 5.91 Å². The molecule has 144 valence electrons. The van der Waals surface area contributed by atoms with Gasteiger partial charge < -0.3 is 14.4 Å². The topological polar surface area (TPSA) is 42.0 Å². The SMILES string of the molecule is COc1cc(CN(C)CC(=O)N2CCc3ccccc32)ccc1OC(F)F. The van der Waals surface area contributed by atoms with Crippen LogP contribution < -0.4 is 14.4 Å². The van der Waals surface area contributed by atoms with Crippen LogP contribution in [0.25, 0.3) is 0 Å². The molecule has 3 rings (SSSR count). The van der Waals surface area contributed by atoms with E-state index in [1.807, 2.05) is 41.1 Å². The van der Waals surface area contributed by atoms with Gasteiger partial charge in [0, 0.05) is 18.8 Å². The molecule has 0 spiro atoms. The molecule has 7 heteroatoms. The van der Waals surface area contributed by atoms with Crippen LogP contribution in [0.1, 0.15) is 11.1 Å². The Hall–Kier alpha value is -2.67. The maximum atomic E-state index is 12.7. The van der Waals surface area contributed by atoms with Crippen molar-refractivity contribution in [1.82, 2.24) is 4.90 Å². The monoisotopic (exact) mass is 376 g/mol. The number of hydrogen-bond donors (Lipinski definition) is 0. The third-order valence-electron chi connectivity index (χ3n) is 4.49. The number of likely N-dealkylation sites (N-methyl/N-ethyl adjacent to an activating group) is 1. The Bertz CT molecular complexity index is 814. The van der Waals surface area contributed by atoms with E-state index in [0.717, 1.165) is 17.7 Å². The molecule has 1 aliphatic rings. The first-order valence-corrected chi connectivity index (χ1v) is 8.66. The van der Waals surface area contributed by atoms with E-state index in [0.29, 0.717) is 13.1 Å². The zero-order valence-electron chi connectivity index (χ0n) is 15.3. The highest BCUT2D eigenvalue weighted by molar-refractivity contribution is 5.96. The zero-order chi connectivity index (χ0) is 19.4. The fourth-order valence-corrected chi connectivity index (χ4v) is 3.28. The minimum atomic E-state index is -2.91. The number of carbonyl (C=O) groups excluding carboxylic acids is 1. The first kappa shape index (κ1) is 19.1. The molecule has 0 saturated heterocycles. The Balaban J connectivity index is 1.62. The molecule has 0 aromatic heterocycles. The summed E-state index contributed by atoms with van der Waals surface area (Å²) >= 11 is 0. The standard InChI is InChI=1S/C20H22F2N2O3/c1-23(12-14-7-8-17(27-20(21)22)18(11-14)26-2)13-19(25)24-10-9-15-5-3-4-6-16(15)24/h3-8,11,20H,9-10,12-13H2,1-2H3. The lowest BCUT2D eigenvalue weighted by molar-refractivity contribution is -0.119. The number of rotatable bonds is 7. The van der Waals surface area contributed by atoms with Crippen LogP contribution >= 0.6 is 0 Å². The Labute approximate surface area is 157 Å². The average Bonchev–Trinajstić information content (AvgIpc) is 3.06. The molecule has 1 amide bonds. The van der Waals surface area contributed by atoms with Crippen molar-refractivity contribution in [1.29, 1.82) is 0 Å². The van der Waals surface area contributed by atoms with E-state index in [-0.39, 0.29) is 24.0 Å². The van der Waals surface area contributed by atoms with Crippen LogP contribution in [0.2, 0.25) is 0 Å². The molecule has 0 fully saturated rings. The van der Waals surface area contributed by atoms with Gasteiger partial charge in [-0.2, -0.15) is 8.78 Å². The van der Waals surface area contributed by atoms with Crippen molar-refractivity contribution in [2.75, 3.05) is 32.1 Å². The Kier molecular flexibility index (Phi) is 5.91. The van der Waals surface area contributed by atoms with Crippen LogP contribution in [0.5, 0.6) is 11.5 Å². The van der Waals surface area contributed by atoms with Gasteiger partial charge >= 0.3 is 6.61 Å². The number of para-hydroxylation sites is 1. The van der Waals surface area contributed by atoms with Crippen LogP contribution in [-0.2, 0) is 17.8 Å². The van der Waals surface area contributed by atoms with Crippen molar-refractivity contribution in [2.45, 2.75) is 19.6 Å². The summed E-state index contributed by atoms with van der Waals surface area (Å²) in [5.41, 5.74) is 3.00. The molecule has 0 bridgehead atoms. The fourth-order valence-electron chi connectivity index (χ4n) is 3.28. The molecule has 0 N–H and O–H groups in total. The van der Waals surface area contributed by atoms with Crippen LogP contribution in [0.3, 0.4) is 0 Å². The molecule has 1 heterocycles. The van der Waals surface area contributed by atoms with Gasteiger partial charge in [-0.15, -0.1) is 0 Å². The van der Waals surface area contributed by atoms with Crippen LogP contribution in [0.4, 0.5) is 14.5 Å². The second kappa shape index (κ2) is 8.35. The maximum Gasteiger partial charge on any atom is 0.387 e. The number of anilines is 1. The first-order chi connectivity index (χ1) is 13.0. The van der Waals surface area contributed by atoms with Gasteiger partial charge in [0.05, 0.1) is 13.7 Å². The van der Waals surface area contributed by atoms with Gasteiger partial charge in [-0.05, 0) is 42.8 Å². The number of fused-ring (bicyclic) bond motifs is 1. The van der Waals surface area contributed by atoms with Crippen molar-refractivity contribution in [3.05, 3.63) is 53.6 Å². The Morgan fingerprint density at radius 2 is 2.00 bits per heavy atom. The van der Waals surface area contributed by atoms with Crippen molar-refractivity contribution in [2.24, 2.45) is 0 Å². The minimum absolute atomic E-state index is 0.0105. The van der Waals surface area contributed by atoms with Gasteiger partial charge in [-0.25, -0.2) is 0 Å². The summed E-state index contributed by atoms with van der Waals surface area (Å²) in [6.07, 6.45) is 0.869. The smallest absolute Gasteiger partial charge is 0.387 e. The second-order valence-electron chi connectivity index (χ2n) is 6.46. The highest BCUT2D eigenvalue weighted by Crippen LogP contribution is 2.30. The molecule has 1 aliphatic heterocycles. The largest absolute Gasteiger partial charge is 0.493 e. The van der Waals surface area contributed by atoms with Gasteiger partial charge in [-0.1, -0.05) is 24.3 Å². The maximum absolute atomic E-state index is 12.7. The molecule has 27 heavy (non-hydrogen) atoms. The lowest BCUT2D eigenvalue weighted by Gasteiger charge is -2.22. The lowest BCUT2D eigenvalue weighted by Crippen LogP contribution is -2.37. The third-order valence-corrected chi connectivity index (χ3v) is 4.49. The lowest BCUT2D eigenvalue weighted by atomic mass is 10.2. The predicted molar refractivity (Wildman–Crippen MR) is 98.5 cm³/mol. The number of nitrogens with zero attached hydrogens (tertiary/aromatic N) is 2. The average molecular weight is 376 g/mol. The highest BCUT2D eigenvalue weighted by Gasteiger charge is 2.24. The number of methoxy groups -OCH3 is 1. The summed E-state index contributed by atoms with van der Waals surface area (Å²) in [5, 5.41) is 0. The van der Waals surface area contributed by atoms with Gasteiger partial charge in [-0.3, -0.25) is 9.69 Å². The molecule has 0 unspecified atom stereocenters. The van der Waals surface area contributed by atoms with Crippen LogP contribution in [-0.4, -0.2) is 44.7 Å². The van der Waals surface area contributed by atoms with Gasteiger partial charge in [0.1, 0.15) is 0 Å². The minimum Gasteiger partial charge on any atom is -0.493 e. The van der Waals surface area contributed by atoms with E-state index < -0.39 is 6.61 Å². The number of hydrogen-bond acceptors (Lipinski definition) is 4. The molecule has 0 aliphatic carbocycles. The van der Waals surface area contributed by atoms with E-state index in [1.165, 1.54) is 18.7 Å². The molecule has 2 aromatic rings. The fraction of sp³-hybridized carbons (Fsp3) is 0.350. The molecule has 0 atom stereocenters. The van der Waals surface area contributed by atoms with Crippen molar-refractivity contribution < 1.29 is 23.0 Å². The molecular weight excluding hydrogens is 354 g/mol. The summed E-state index contributed by atoms with van der Waals surface area (Å²) in [7, 11) is 3.24. The van der Waals surface area contributed by atoms with E-state index in [1.54, 1.807) is 12.1 Å². The van der Waals surface area contributed by atoms with Crippen LogP contribution in [0.15, 0.2) is 42.5 Å². The van der Waals surface area contributed by atoms with Crippen molar-refractivity contribution in [3.63, 3.8) is 0 Å². The number of ether oxygens (including phenoxy) is 2. The molecule has 2 aromatic carbocycles. The predicted octanol–water partition coefficient (Wildman–Crippen LogP) is 3.32. The zero-order valence-corrected chi connectivity index (χ0v) is 15.3. The number of amides is 1. The van der Waals surface area contributed by atoms with E-state index in [4.69, 9.17) is 4.74 Å². The normalized spacial score (nSPS) is 13.2. The van der Waals surface area contributed by atoms with E-state index in [2.05, 4.69) is 4.74 Å². The number of benzene rings is 2. The summed E-state index contributed by atoms with van der Waals surface area (Å²) in [4.78, 5) is 16.4. The number of halogens is 2. The van der Waals surface area contributed by atoms with Gasteiger partial charge in [0.15, 0.2) is 11.5 Å². The van der Waals surface area contributed by atoms with Crippen molar-refractivity contribution >= 4 is 11.6 Å². The quantitative estimate of drug-likeness (QED) is 0.744. The summed E-state index contributed by atoms with van der Waals surface area (Å²) < 4.78 is 34.4. The molecule has 0 saturated carbocycles. The highest BCUT2D eigenvalue weighted by atomic mass is 19.3. The van der Waals surface area contributed by atoms with Crippen molar-refractivity contribution in [3.8, 4) is 11.5 Å². The van der Waals surface area contributed by atoms with E-state index >= 15 is 0 Å². The third kappa shape index (κ3) is 4.54. The molecule has 0 radical (unpaired) electrons. The summed E-state index contributed by atoms with van der Waals surface area (Å²) in [6, 6.07) is 12.7. The number of alkyl halides is 2. The Morgan fingerprint density at radius 1 is 1.22 bits per heavy atom. The molecular formula is C20H22F2N2O3. The summed E-state index contributed by atoms with van der Waals surface area (Å²) in [6.45, 7) is -1.48. The summed E-state index contributed by atoms with van der Waals surface area (Å²) in [5.74, 6) is 0.261. The molecule has 5 nitrogen and oxygen atoms in total. The van der Waals surface area contributed by atoms with Gasteiger partial charge in [0.25, 0.3) is 0 Å².